The summed E-state index contributed by atoms with van der Waals surface area (Å²) < 4.78 is 5.12. The number of rotatable bonds is 8. The van der Waals surface area contributed by atoms with Gasteiger partial charge in [0.05, 0.1) is 32.8 Å². The molecule has 1 unspecified atom stereocenters. The average Bonchev–Trinajstić information content (AvgIpc) is 3.28. The highest BCUT2D eigenvalue weighted by molar-refractivity contribution is 8.00. The molecular weight excluding hydrogens is 633 g/mol. The standard InChI is InChI=1S/C31H18Cl3N3O5S/c32-20-6-1-17(2-7-20)25-12-5-19(15-35)29(36-25)43-27-14-28(39)37(30(27)40)22-9-3-18(4-10-22)31(41)42-16-26(38)23-11-8-21(33)13-24(23)34/h1-13,27H,14,16H2. The Morgan fingerprint density at radius 2 is 1.65 bits per heavy atom. The molecule has 2 heterocycles. The summed E-state index contributed by atoms with van der Waals surface area (Å²) in [5.74, 6) is -2.18. The Labute approximate surface area is 265 Å². The van der Waals surface area contributed by atoms with Crippen molar-refractivity contribution in [2.45, 2.75) is 16.7 Å². The maximum atomic E-state index is 13.3. The van der Waals surface area contributed by atoms with Crippen LogP contribution in [0.4, 0.5) is 5.69 Å². The fraction of sp³-hybridized carbons (Fsp3) is 0.0968. The monoisotopic (exact) mass is 649 g/mol. The van der Waals surface area contributed by atoms with Crippen LogP contribution in [0.15, 0.2) is 83.9 Å². The molecule has 0 bridgehead atoms. The normalized spacial score (nSPS) is 14.5. The summed E-state index contributed by atoms with van der Waals surface area (Å²) in [5.41, 5.74) is 2.20. The van der Waals surface area contributed by atoms with Crippen LogP contribution in [0.3, 0.4) is 0 Å². The third-order valence-corrected chi connectivity index (χ3v) is 8.39. The highest BCUT2D eigenvalue weighted by Gasteiger charge is 2.41. The van der Waals surface area contributed by atoms with Crippen molar-refractivity contribution < 1.29 is 23.9 Å². The number of pyridine rings is 1. The van der Waals surface area contributed by atoms with E-state index in [1.165, 1.54) is 42.5 Å². The van der Waals surface area contributed by atoms with Gasteiger partial charge in [0.25, 0.3) is 0 Å². The number of halogens is 3. The number of carbonyl (C=O) groups is 4. The first-order chi connectivity index (χ1) is 20.6. The molecule has 1 saturated heterocycles. The van der Waals surface area contributed by atoms with Gasteiger partial charge in [0, 0.05) is 27.6 Å². The van der Waals surface area contributed by atoms with Crippen molar-refractivity contribution >= 4 is 75.8 Å². The summed E-state index contributed by atoms with van der Waals surface area (Å²) in [6.45, 7) is -0.540. The predicted octanol–water partition coefficient (Wildman–Crippen LogP) is 7.04. The van der Waals surface area contributed by atoms with Gasteiger partial charge in [-0.15, -0.1) is 0 Å². The second kappa shape index (κ2) is 13.0. The van der Waals surface area contributed by atoms with Crippen LogP contribution in [0.5, 0.6) is 0 Å². The van der Waals surface area contributed by atoms with Gasteiger partial charge in [0.15, 0.2) is 6.61 Å². The van der Waals surface area contributed by atoms with Crippen molar-refractivity contribution in [3.63, 3.8) is 0 Å². The Morgan fingerprint density at radius 1 is 0.953 bits per heavy atom. The van der Waals surface area contributed by atoms with Crippen molar-refractivity contribution in [2.24, 2.45) is 0 Å². The number of hydrogen-bond acceptors (Lipinski definition) is 8. The highest BCUT2D eigenvalue weighted by Crippen LogP contribution is 2.36. The number of imide groups is 1. The summed E-state index contributed by atoms with van der Waals surface area (Å²) in [6.07, 6.45) is -0.0968. The zero-order valence-corrected chi connectivity index (χ0v) is 25.0. The van der Waals surface area contributed by atoms with Crippen molar-refractivity contribution in [2.75, 3.05) is 11.5 Å². The molecule has 43 heavy (non-hydrogen) atoms. The fourth-order valence-corrected chi connectivity index (χ4v) is 5.99. The summed E-state index contributed by atoms with van der Waals surface area (Å²) in [7, 11) is 0. The number of esters is 1. The van der Waals surface area contributed by atoms with Crippen LogP contribution in [0.1, 0.15) is 32.7 Å². The van der Waals surface area contributed by atoms with Crippen molar-refractivity contribution in [1.82, 2.24) is 4.98 Å². The molecule has 5 rings (SSSR count). The summed E-state index contributed by atoms with van der Waals surface area (Å²) in [4.78, 5) is 56.7. The second-order valence-electron chi connectivity index (χ2n) is 9.22. The first kappa shape index (κ1) is 30.3. The van der Waals surface area contributed by atoms with Crippen LogP contribution < -0.4 is 4.90 Å². The molecule has 3 aromatic carbocycles. The lowest BCUT2D eigenvalue weighted by Gasteiger charge is -2.15. The Morgan fingerprint density at radius 3 is 2.33 bits per heavy atom. The Kier molecular flexibility index (Phi) is 9.14. The average molecular weight is 651 g/mol. The Balaban J connectivity index is 1.26. The number of ether oxygens (including phenoxy) is 1. The molecule has 1 aliphatic heterocycles. The lowest BCUT2D eigenvalue weighted by Crippen LogP contribution is -2.31. The minimum Gasteiger partial charge on any atom is -0.454 e. The number of nitrogens with zero attached hydrogens (tertiary/aromatic N) is 3. The quantitative estimate of drug-likeness (QED) is 0.113. The summed E-state index contributed by atoms with van der Waals surface area (Å²) in [6, 6.07) is 22.5. The summed E-state index contributed by atoms with van der Waals surface area (Å²) >= 11 is 18.9. The van der Waals surface area contributed by atoms with Crippen LogP contribution >= 0.6 is 46.6 Å². The molecule has 214 valence electrons. The number of amides is 2. The third-order valence-electron chi connectivity index (χ3n) is 6.41. The van der Waals surface area contributed by atoms with E-state index >= 15 is 0 Å². The smallest absolute Gasteiger partial charge is 0.338 e. The molecule has 0 N–H and O–H groups in total. The van der Waals surface area contributed by atoms with Gasteiger partial charge in [-0.2, -0.15) is 5.26 Å². The van der Waals surface area contributed by atoms with E-state index in [0.29, 0.717) is 20.8 Å². The molecule has 1 aliphatic rings. The van der Waals surface area contributed by atoms with Gasteiger partial charge in [-0.3, -0.25) is 14.4 Å². The van der Waals surface area contributed by atoms with Crippen molar-refractivity contribution in [1.29, 1.82) is 5.26 Å². The Hall–Kier alpha value is -4.20. The molecule has 0 aliphatic carbocycles. The number of aromatic nitrogens is 1. The van der Waals surface area contributed by atoms with Crippen molar-refractivity contribution in [3.05, 3.63) is 111 Å². The van der Waals surface area contributed by atoms with E-state index in [2.05, 4.69) is 11.1 Å². The van der Waals surface area contributed by atoms with Crippen molar-refractivity contribution in [3.8, 4) is 17.3 Å². The van der Waals surface area contributed by atoms with Crippen LogP contribution in [-0.2, 0) is 14.3 Å². The molecule has 0 radical (unpaired) electrons. The highest BCUT2D eigenvalue weighted by atomic mass is 35.5. The first-order valence-corrected chi connectivity index (χ1v) is 14.6. The fourth-order valence-electron chi connectivity index (χ4n) is 4.25. The number of anilines is 1. The molecule has 8 nitrogen and oxygen atoms in total. The molecule has 2 amide bonds. The molecule has 0 spiro atoms. The van der Waals surface area contributed by atoms with Crippen LogP contribution in [0, 0.1) is 11.3 Å². The van der Waals surface area contributed by atoms with Gasteiger partial charge < -0.3 is 4.74 Å². The molecule has 0 saturated carbocycles. The van der Waals surface area contributed by atoms with Gasteiger partial charge >= 0.3 is 5.97 Å². The van der Waals surface area contributed by atoms with E-state index in [1.807, 2.05) is 0 Å². The predicted molar refractivity (Wildman–Crippen MR) is 164 cm³/mol. The minimum atomic E-state index is -0.803. The number of hydrogen-bond donors (Lipinski definition) is 0. The zero-order valence-electron chi connectivity index (χ0n) is 21.9. The van der Waals surface area contributed by atoms with Gasteiger partial charge in [-0.1, -0.05) is 58.7 Å². The first-order valence-electron chi connectivity index (χ1n) is 12.6. The molecule has 1 atom stereocenters. The molecular formula is C31H18Cl3N3O5S. The topological polar surface area (TPSA) is 117 Å². The largest absolute Gasteiger partial charge is 0.454 e. The molecule has 1 aromatic heterocycles. The van der Waals surface area contributed by atoms with E-state index in [1.54, 1.807) is 36.4 Å². The molecule has 1 fully saturated rings. The number of ketones is 1. The third kappa shape index (κ3) is 6.74. The lowest BCUT2D eigenvalue weighted by atomic mass is 10.1. The van der Waals surface area contributed by atoms with E-state index in [-0.39, 0.29) is 33.8 Å². The lowest BCUT2D eigenvalue weighted by molar-refractivity contribution is -0.121. The Bertz CT molecular complexity index is 1810. The molecule has 4 aromatic rings. The summed E-state index contributed by atoms with van der Waals surface area (Å²) in [5, 5.41) is 10.2. The van der Waals surface area contributed by atoms with E-state index in [4.69, 9.17) is 39.5 Å². The van der Waals surface area contributed by atoms with Gasteiger partial charge in [0.2, 0.25) is 17.6 Å². The second-order valence-corrected chi connectivity index (χ2v) is 11.7. The zero-order chi connectivity index (χ0) is 30.7. The number of Topliss-reactive ketones (excluding diaryl/α,β-unsaturated/α-hetero) is 1. The maximum Gasteiger partial charge on any atom is 0.338 e. The number of thioether (sulfide) groups is 1. The van der Waals surface area contributed by atoms with Crippen LogP contribution in [-0.4, -0.2) is 40.4 Å². The minimum absolute atomic E-state index is 0.0968. The van der Waals surface area contributed by atoms with E-state index < -0.39 is 35.4 Å². The van der Waals surface area contributed by atoms with Crippen LogP contribution in [0.25, 0.3) is 11.3 Å². The number of benzene rings is 3. The SMILES string of the molecule is N#Cc1ccc(-c2ccc(Cl)cc2)nc1SC1CC(=O)N(c2ccc(C(=O)OCC(=O)c3ccc(Cl)cc3Cl)cc2)C1=O. The molecule has 12 heteroatoms. The van der Waals surface area contributed by atoms with E-state index in [0.717, 1.165) is 22.2 Å². The van der Waals surface area contributed by atoms with Crippen LogP contribution in [0.2, 0.25) is 15.1 Å². The van der Waals surface area contributed by atoms with E-state index in [9.17, 15) is 24.4 Å². The number of carbonyl (C=O) groups excluding carboxylic acids is 4. The van der Waals surface area contributed by atoms with Gasteiger partial charge in [-0.25, -0.2) is 14.7 Å². The van der Waals surface area contributed by atoms with Gasteiger partial charge in [-0.05, 0) is 66.7 Å². The number of nitriles is 1. The van der Waals surface area contributed by atoms with Gasteiger partial charge in [0.1, 0.15) is 11.1 Å². The maximum absolute atomic E-state index is 13.3.